The second kappa shape index (κ2) is 16.6. The molecule has 0 saturated heterocycles. The van der Waals surface area contributed by atoms with Gasteiger partial charge in [-0.15, -0.1) is 0 Å². The zero-order valence-electron chi connectivity index (χ0n) is 17.6. The molecule has 0 heterocycles. The van der Waals surface area contributed by atoms with E-state index >= 15 is 0 Å². The lowest BCUT2D eigenvalue weighted by Gasteiger charge is -2.20. The van der Waals surface area contributed by atoms with Crippen LogP contribution in [-0.4, -0.2) is 46.9 Å². The number of nitrogens with one attached hydrogen (secondary N) is 1. The van der Waals surface area contributed by atoms with Crippen molar-refractivity contribution in [1.82, 2.24) is 10.2 Å². The van der Waals surface area contributed by atoms with Crippen LogP contribution in [0.4, 0.5) is 0 Å². The maximum absolute atomic E-state index is 12.0. The third-order valence-electron chi connectivity index (χ3n) is 4.90. The minimum absolute atomic E-state index is 0.0700. The predicted octanol–water partition coefficient (Wildman–Crippen LogP) is 4.13. The Morgan fingerprint density at radius 3 is 1.81 bits per heavy atom. The smallest absolute Gasteiger partial charge is 0.326 e. The molecule has 0 aromatic rings. The quantitative estimate of drug-likeness (QED) is 0.369. The fraction of sp³-hybridized carbons (Fsp3) is 0.857. The Morgan fingerprint density at radius 1 is 0.815 bits per heavy atom. The summed E-state index contributed by atoms with van der Waals surface area (Å²) in [5.41, 5.74) is 0. The Hall–Kier alpha value is -1.59. The summed E-state index contributed by atoms with van der Waals surface area (Å²) in [5, 5.41) is 11.8. The van der Waals surface area contributed by atoms with E-state index in [1.807, 2.05) is 13.8 Å². The zero-order chi connectivity index (χ0) is 20.5. The number of carboxylic acid groups (broad SMARTS) is 1. The van der Waals surface area contributed by atoms with Crippen molar-refractivity contribution in [1.29, 1.82) is 0 Å². The van der Waals surface area contributed by atoms with E-state index in [0.29, 0.717) is 19.5 Å². The molecule has 0 fully saturated rings. The molecule has 0 radical (unpaired) electrons. The van der Waals surface area contributed by atoms with Crippen LogP contribution in [0.5, 0.6) is 0 Å². The highest BCUT2D eigenvalue weighted by atomic mass is 16.4. The fourth-order valence-electron chi connectivity index (χ4n) is 3.12. The Morgan fingerprint density at radius 2 is 1.33 bits per heavy atom. The number of amides is 2. The number of hydrogen-bond acceptors (Lipinski definition) is 3. The van der Waals surface area contributed by atoms with E-state index in [1.165, 1.54) is 38.5 Å². The molecule has 0 rings (SSSR count). The number of aliphatic carboxylic acids is 1. The first kappa shape index (κ1) is 25.4. The minimum Gasteiger partial charge on any atom is -0.480 e. The topological polar surface area (TPSA) is 86.7 Å². The summed E-state index contributed by atoms with van der Waals surface area (Å²) in [5.74, 6) is -1.39. The van der Waals surface area contributed by atoms with Crippen LogP contribution in [0.15, 0.2) is 0 Å². The molecule has 2 N–H and O–H groups in total. The highest BCUT2D eigenvalue weighted by Crippen LogP contribution is 2.11. The number of carbonyl (C=O) groups is 3. The Kier molecular flexibility index (Phi) is 15.6. The molecule has 0 aliphatic carbocycles. The summed E-state index contributed by atoms with van der Waals surface area (Å²) in [6.45, 7) is 7.21. The van der Waals surface area contributed by atoms with Gasteiger partial charge in [0.2, 0.25) is 11.8 Å². The maximum atomic E-state index is 12.0. The summed E-state index contributed by atoms with van der Waals surface area (Å²) >= 11 is 0. The number of carbonyl (C=O) groups excluding carboxylic acids is 2. The van der Waals surface area contributed by atoms with Crippen molar-refractivity contribution in [3.05, 3.63) is 0 Å². The molecule has 0 bridgehead atoms. The van der Waals surface area contributed by atoms with Crippen LogP contribution in [0.3, 0.4) is 0 Å². The van der Waals surface area contributed by atoms with Gasteiger partial charge in [-0.2, -0.15) is 0 Å². The number of unbranched alkanes of at least 4 members (excludes halogenated alkanes) is 8. The second-order valence-corrected chi connectivity index (χ2v) is 7.14. The summed E-state index contributed by atoms with van der Waals surface area (Å²) in [6.07, 6.45) is 11.2. The first-order valence-corrected chi connectivity index (χ1v) is 10.8. The number of carboxylic acids is 1. The molecule has 2 amide bonds. The van der Waals surface area contributed by atoms with Gasteiger partial charge in [-0.05, 0) is 26.7 Å². The highest BCUT2D eigenvalue weighted by molar-refractivity contribution is 5.84. The van der Waals surface area contributed by atoms with Crippen molar-refractivity contribution in [2.24, 2.45) is 0 Å². The van der Waals surface area contributed by atoms with Crippen LogP contribution in [-0.2, 0) is 14.4 Å². The van der Waals surface area contributed by atoms with Crippen LogP contribution in [0.25, 0.3) is 0 Å². The molecule has 158 valence electrons. The van der Waals surface area contributed by atoms with Gasteiger partial charge in [0.25, 0.3) is 0 Å². The van der Waals surface area contributed by atoms with Crippen LogP contribution < -0.4 is 5.32 Å². The molecule has 27 heavy (non-hydrogen) atoms. The lowest BCUT2D eigenvalue weighted by molar-refractivity contribution is -0.142. The van der Waals surface area contributed by atoms with Gasteiger partial charge in [0.15, 0.2) is 0 Å². The minimum atomic E-state index is -1.08. The molecule has 0 aliphatic heterocycles. The number of hydrogen-bond donors (Lipinski definition) is 2. The number of nitrogens with zero attached hydrogens (tertiary/aromatic N) is 1. The van der Waals surface area contributed by atoms with E-state index in [2.05, 4.69) is 12.2 Å². The monoisotopic (exact) mass is 384 g/mol. The first-order chi connectivity index (χ1) is 13.0. The molecular formula is C21H40N2O4. The third-order valence-corrected chi connectivity index (χ3v) is 4.90. The largest absolute Gasteiger partial charge is 0.480 e. The SMILES string of the molecule is CCCCCCCCCCCC(=O)N[C@@H](CCC(=O)N(CC)CC)C(=O)O. The van der Waals surface area contributed by atoms with Crippen molar-refractivity contribution in [2.45, 2.75) is 104 Å². The maximum Gasteiger partial charge on any atom is 0.326 e. The van der Waals surface area contributed by atoms with E-state index in [1.54, 1.807) is 4.90 Å². The Labute approximate surface area is 165 Å². The molecule has 0 aliphatic rings. The molecule has 0 spiro atoms. The molecule has 1 atom stereocenters. The van der Waals surface area contributed by atoms with Crippen LogP contribution in [0.1, 0.15) is 97.8 Å². The summed E-state index contributed by atoms with van der Waals surface area (Å²) < 4.78 is 0. The van der Waals surface area contributed by atoms with Gasteiger partial charge in [-0.3, -0.25) is 9.59 Å². The molecule has 6 heteroatoms. The molecule has 0 aromatic carbocycles. The van der Waals surface area contributed by atoms with Gasteiger partial charge in [0.05, 0.1) is 0 Å². The van der Waals surface area contributed by atoms with E-state index in [-0.39, 0.29) is 24.7 Å². The highest BCUT2D eigenvalue weighted by Gasteiger charge is 2.21. The molecule has 0 unspecified atom stereocenters. The summed E-state index contributed by atoms with van der Waals surface area (Å²) in [7, 11) is 0. The molecule has 6 nitrogen and oxygen atoms in total. The van der Waals surface area contributed by atoms with E-state index in [0.717, 1.165) is 19.3 Å². The zero-order valence-corrected chi connectivity index (χ0v) is 17.6. The van der Waals surface area contributed by atoms with Crippen molar-refractivity contribution in [3.63, 3.8) is 0 Å². The first-order valence-electron chi connectivity index (χ1n) is 10.8. The van der Waals surface area contributed by atoms with Gasteiger partial charge >= 0.3 is 5.97 Å². The van der Waals surface area contributed by atoms with Gasteiger partial charge in [0.1, 0.15) is 6.04 Å². The third kappa shape index (κ3) is 13.3. The molecular weight excluding hydrogens is 344 g/mol. The summed E-state index contributed by atoms with van der Waals surface area (Å²) in [4.78, 5) is 37.0. The summed E-state index contributed by atoms with van der Waals surface area (Å²) in [6, 6.07) is -0.990. The Balaban J connectivity index is 3.95. The predicted molar refractivity (Wildman–Crippen MR) is 109 cm³/mol. The number of rotatable bonds is 17. The standard InChI is InChI=1S/C21H40N2O4/c1-4-7-8-9-10-11-12-13-14-15-19(24)22-18(21(26)27)16-17-20(25)23(5-2)6-3/h18H,4-17H2,1-3H3,(H,22,24)(H,26,27)/t18-/m0/s1. The van der Waals surface area contributed by atoms with Gasteiger partial charge in [-0.1, -0.05) is 58.3 Å². The normalized spacial score (nSPS) is 11.8. The molecule has 0 saturated carbocycles. The van der Waals surface area contributed by atoms with Crippen LogP contribution >= 0.6 is 0 Å². The van der Waals surface area contributed by atoms with Crippen molar-refractivity contribution >= 4 is 17.8 Å². The van der Waals surface area contributed by atoms with E-state index in [9.17, 15) is 19.5 Å². The van der Waals surface area contributed by atoms with Crippen LogP contribution in [0, 0.1) is 0 Å². The van der Waals surface area contributed by atoms with E-state index in [4.69, 9.17) is 0 Å². The van der Waals surface area contributed by atoms with Crippen molar-refractivity contribution in [3.8, 4) is 0 Å². The van der Waals surface area contributed by atoms with Gasteiger partial charge in [-0.25, -0.2) is 4.79 Å². The lowest BCUT2D eigenvalue weighted by atomic mass is 10.1. The average Bonchev–Trinajstić information content (AvgIpc) is 2.64. The van der Waals surface area contributed by atoms with Crippen LogP contribution in [0.2, 0.25) is 0 Å². The molecule has 0 aromatic heterocycles. The fourth-order valence-corrected chi connectivity index (χ4v) is 3.12. The average molecular weight is 385 g/mol. The van der Waals surface area contributed by atoms with Crippen molar-refractivity contribution in [2.75, 3.05) is 13.1 Å². The Bertz CT molecular complexity index is 422. The lowest BCUT2D eigenvalue weighted by Crippen LogP contribution is -2.42. The van der Waals surface area contributed by atoms with E-state index < -0.39 is 12.0 Å². The second-order valence-electron chi connectivity index (χ2n) is 7.14. The van der Waals surface area contributed by atoms with Crippen molar-refractivity contribution < 1.29 is 19.5 Å². The van der Waals surface area contributed by atoms with Gasteiger partial charge in [0, 0.05) is 25.9 Å². The van der Waals surface area contributed by atoms with Gasteiger partial charge < -0.3 is 15.3 Å².